The summed E-state index contributed by atoms with van der Waals surface area (Å²) in [6, 6.07) is 6.08. The molecule has 0 unspecified atom stereocenters. The summed E-state index contributed by atoms with van der Waals surface area (Å²) in [5, 5.41) is 0. The molecule has 0 radical (unpaired) electrons. The molecule has 4 rings (SSSR count). The number of anilines is 1. The second-order valence-corrected chi connectivity index (χ2v) is 6.69. The van der Waals surface area contributed by atoms with E-state index in [1.165, 1.54) is 12.1 Å². The summed E-state index contributed by atoms with van der Waals surface area (Å²) in [5.74, 6) is -0.560. The first-order valence-corrected chi connectivity index (χ1v) is 8.47. The van der Waals surface area contributed by atoms with Crippen LogP contribution in [0.5, 0.6) is 0 Å². The summed E-state index contributed by atoms with van der Waals surface area (Å²) in [4.78, 5) is 13.2. The second-order valence-electron chi connectivity index (χ2n) is 6.69. The van der Waals surface area contributed by atoms with Crippen LogP contribution in [0, 0.1) is 17.6 Å². The molecule has 25 heavy (non-hydrogen) atoms. The van der Waals surface area contributed by atoms with E-state index in [-0.39, 0.29) is 6.04 Å². The summed E-state index contributed by atoms with van der Waals surface area (Å²) in [5.41, 5.74) is 0.772. The van der Waals surface area contributed by atoms with Gasteiger partial charge in [0.15, 0.2) is 11.6 Å². The van der Waals surface area contributed by atoms with E-state index in [0.717, 1.165) is 31.1 Å². The monoisotopic (exact) mass is 346 g/mol. The van der Waals surface area contributed by atoms with Gasteiger partial charge in [-0.2, -0.15) is 0 Å². The van der Waals surface area contributed by atoms with Gasteiger partial charge in [-0.15, -0.1) is 0 Å². The molecule has 2 fully saturated rings. The minimum atomic E-state index is -0.811. The normalized spacial score (nSPS) is 24.2. The summed E-state index contributed by atoms with van der Waals surface area (Å²) >= 11 is 0. The number of rotatable bonds is 3. The average molecular weight is 346 g/mol. The highest BCUT2D eigenvalue weighted by molar-refractivity contribution is 5.30. The smallest absolute Gasteiger partial charge is 0.225 e. The maximum absolute atomic E-state index is 13.5. The first-order chi connectivity index (χ1) is 12.2. The number of nitrogens with zero attached hydrogens (tertiary/aromatic N) is 4. The van der Waals surface area contributed by atoms with Crippen LogP contribution in [-0.4, -0.2) is 53.8 Å². The van der Waals surface area contributed by atoms with Crippen LogP contribution in [0.2, 0.25) is 0 Å². The van der Waals surface area contributed by atoms with Crippen molar-refractivity contribution in [1.82, 2.24) is 14.9 Å². The molecular formula is C18H20F2N4O. The van der Waals surface area contributed by atoms with E-state index in [9.17, 15) is 8.78 Å². The molecule has 7 heteroatoms. The van der Waals surface area contributed by atoms with E-state index in [2.05, 4.69) is 19.8 Å². The zero-order valence-corrected chi connectivity index (χ0v) is 13.8. The molecule has 0 spiro atoms. The maximum Gasteiger partial charge on any atom is 0.225 e. The first-order valence-electron chi connectivity index (χ1n) is 8.47. The zero-order chi connectivity index (χ0) is 17.2. The molecule has 1 aromatic carbocycles. The van der Waals surface area contributed by atoms with Gasteiger partial charge in [0.1, 0.15) is 0 Å². The number of fused-ring (bicyclic) bond motifs is 3. The van der Waals surface area contributed by atoms with Gasteiger partial charge in [0, 0.05) is 44.5 Å². The summed E-state index contributed by atoms with van der Waals surface area (Å²) in [6.07, 6.45) is 3.50. The molecule has 2 saturated heterocycles. The van der Waals surface area contributed by atoms with Crippen LogP contribution < -0.4 is 4.90 Å². The maximum atomic E-state index is 13.5. The van der Waals surface area contributed by atoms with Crippen LogP contribution in [-0.2, 0) is 11.3 Å². The van der Waals surface area contributed by atoms with Gasteiger partial charge in [0.05, 0.1) is 19.3 Å². The standard InChI is InChI=1S/C18H20F2N4O/c19-16-3-2-13(6-17(16)20)7-23-8-14-9-24(10-15(23)12-25-11-14)18-21-4-1-5-22-18/h1-6,14-15H,7-12H2/t14-,15+/m1/s1. The quantitative estimate of drug-likeness (QED) is 0.851. The molecular weight excluding hydrogens is 326 g/mol. The molecule has 2 aliphatic rings. The number of hydrogen-bond acceptors (Lipinski definition) is 5. The molecule has 0 saturated carbocycles. The molecule has 132 valence electrons. The summed E-state index contributed by atoms with van der Waals surface area (Å²) < 4.78 is 32.5. The lowest BCUT2D eigenvalue weighted by Crippen LogP contribution is -2.44. The van der Waals surface area contributed by atoms with E-state index < -0.39 is 11.6 Å². The van der Waals surface area contributed by atoms with Gasteiger partial charge in [-0.3, -0.25) is 4.90 Å². The van der Waals surface area contributed by atoms with Gasteiger partial charge in [-0.05, 0) is 23.8 Å². The highest BCUT2D eigenvalue weighted by atomic mass is 19.2. The molecule has 2 aromatic rings. The fourth-order valence-corrected chi connectivity index (χ4v) is 3.61. The summed E-state index contributed by atoms with van der Waals surface area (Å²) in [7, 11) is 0. The Bertz CT molecular complexity index is 730. The highest BCUT2D eigenvalue weighted by Crippen LogP contribution is 2.24. The van der Waals surface area contributed by atoms with E-state index in [1.807, 2.05) is 0 Å². The molecule has 2 atom stereocenters. The number of halogens is 2. The topological polar surface area (TPSA) is 41.5 Å². The van der Waals surface area contributed by atoms with Crippen LogP contribution in [0.4, 0.5) is 14.7 Å². The molecule has 0 amide bonds. The fraction of sp³-hybridized carbons (Fsp3) is 0.444. The van der Waals surface area contributed by atoms with Crippen molar-refractivity contribution in [3.8, 4) is 0 Å². The molecule has 2 aliphatic heterocycles. The molecule has 5 nitrogen and oxygen atoms in total. The van der Waals surface area contributed by atoms with Gasteiger partial charge in [-0.25, -0.2) is 18.7 Å². The highest BCUT2D eigenvalue weighted by Gasteiger charge is 2.34. The lowest BCUT2D eigenvalue weighted by atomic mass is 10.1. The predicted molar refractivity (Wildman–Crippen MR) is 89.1 cm³/mol. The fourth-order valence-electron chi connectivity index (χ4n) is 3.61. The third-order valence-electron chi connectivity index (χ3n) is 4.79. The third-order valence-corrected chi connectivity index (χ3v) is 4.79. The van der Waals surface area contributed by atoms with Crippen molar-refractivity contribution >= 4 is 5.95 Å². The van der Waals surface area contributed by atoms with Gasteiger partial charge in [0.2, 0.25) is 5.95 Å². The van der Waals surface area contributed by atoms with Gasteiger partial charge >= 0.3 is 0 Å². The Balaban J connectivity index is 1.55. The predicted octanol–water partition coefficient (Wildman–Crippen LogP) is 2.09. The van der Waals surface area contributed by atoms with Crippen LogP contribution in [0.25, 0.3) is 0 Å². The van der Waals surface area contributed by atoms with Crippen LogP contribution >= 0.6 is 0 Å². The van der Waals surface area contributed by atoms with Crippen LogP contribution in [0.3, 0.4) is 0 Å². The Labute approximate surface area is 145 Å². The third kappa shape index (κ3) is 3.62. The van der Waals surface area contributed by atoms with Crippen LogP contribution in [0.1, 0.15) is 5.56 Å². The van der Waals surface area contributed by atoms with Crippen LogP contribution in [0.15, 0.2) is 36.7 Å². The van der Waals surface area contributed by atoms with Crippen molar-refractivity contribution in [3.05, 3.63) is 53.9 Å². The van der Waals surface area contributed by atoms with Crippen molar-refractivity contribution in [1.29, 1.82) is 0 Å². The Morgan fingerprint density at radius 2 is 1.88 bits per heavy atom. The Hall–Kier alpha value is -2.12. The van der Waals surface area contributed by atoms with E-state index in [0.29, 0.717) is 25.7 Å². The largest absolute Gasteiger partial charge is 0.379 e. The SMILES string of the molecule is Fc1ccc(CN2C[C@H]3COC[C@@H]2CN(c2ncccn2)C3)cc1F. The first kappa shape index (κ1) is 16.4. The average Bonchev–Trinajstić information content (AvgIpc) is 2.89. The Morgan fingerprint density at radius 3 is 2.68 bits per heavy atom. The lowest BCUT2D eigenvalue weighted by Gasteiger charge is -2.31. The number of ether oxygens (including phenoxy) is 1. The number of aromatic nitrogens is 2. The van der Waals surface area contributed by atoms with Crippen molar-refractivity contribution in [2.24, 2.45) is 5.92 Å². The molecule has 2 bridgehead atoms. The lowest BCUT2D eigenvalue weighted by molar-refractivity contribution is 0.0870. The van der Waals surface area contributed by atoms with Crippen molar-refractivity contribution in [2.45, 2.75) is 12.6 Å². The van der Waals surface area contributed by atoms with Crippen molar-refractivity contribution in [3.63, 3.8) is 0 Å². The number of benzene rings is 1. The van der Waals surface area contributed by atoms with Gasteiger partial charge < -0.3 is 9.64 Å². The Morgan fingerprint density at radius 1 is 1.04 bits per heavy atom. The number of hydrogen-bond donors (Lipinski definition) is 0. The van der Waals surface area contributed by atoms with E-state index >= 15 is 0 Å². The van der Waals surface area contributed by atoms with Gasteiger partial charge in [-0.1, -0.05) is 6.07 Å². The minimum Gasteiger partial charge on any atom is -0.379 e. The molecule has 0 aliphatic carbocycles. The van der Waals surface area contributed by atoms with E-state index in [1.54, 1.807) is 24.5 Å². The summed E-state index contributed by atoms with van der Waals surface area (Å²) in [6.45, 7) is 4.31. The Kier molecular flexibility index (Phi) is 4.59. The van der Waals surface area contributed by atoms with Gasteiger partial charge in [0.25, 0.3) is 0 Å². The van der Waals surface area contributed by atoms with Crippen molar-refractivity contribution in [2.75, 3.05) is 37.7 Å². The zero-order valence-electron chi connectivity index (χ0n) is 13.8. The second kappa shape index (κ2) is 7.01. The van der Waals surface area contributed by atoms with E-state index in [4.69, 9.17) is 4.74 Å². The molecule has 1 aromatic heterocycles. The molecule has 0 N–H and O–H groups in total. The molecule has 3 heterocycles. The van der Waals surface area contributed by atoms with Crippen molar-refractivity contribution < 1.29 is 13.5 Å². The minimum absolute atomic E-state index is 0.157.